The van der Waals surface area contributed by atoms with Crippen molar-refractivity contribution in [2.24, 2.45) is 11.1 Å². The summed E-state index contributed by atoms with van der Waals surface area (Å²) in [5.41, 5.74) is 9.61. The summed E-state index contributed by atoms with van der Waals surface area (Å²) in [6.07, 6.45) is -4.01. The number of nitrogens with two attached hydrogens (primary N) is 1. The smallest absolute Gasteiger partial charge is 0.416 e. The largest absolute Gasteiger partial charge is 0.489 e. The van der Waals surface area contributed by atoms with Gasteiger partial charge in [-0.3, -0.25) is 9.69 Å². The first-order valence-corrected chi connectivity index (χ1v) is 13.8. The molecule has 1 atom stereocenters. The van der Waals surface area contributed by atoms with Gasteiger partial charge in [-0.1, -0.05) is 32.0 Å². The predicted octanol–water partition coefficient (Wildman–Crippen LogP) is 7.98. The Hall–Kier alpha value is -4.58. The third-order valence-electron chi connectivity index (χ3n) is 8.06. The van der Waals surface area contributed by atoms with Crippen LogP contribution in [0, 0.1) is 36.4 Å². The van der Waals surface area contributed by atoms with Crippen LogP contribution in [0.3, 0.4) is 0 Å². The number of benzene rings is 3. The number of ketones is 1. The van der Waals surface area contributed by atoms with Crippen LogP contribution in [0.4, 0.5) is 23.2 Å². The summed E-state index contributed by atoms with van der Waals surface area (Å²) in [6.45, 7) is 7.81. The summed E-state index contributed by atoms with van der Waals surface area (Å²) in [7, 11) is 0. The molecule has 5 nitrogen and oxygen atoms in total. The van der Waals surface area contributed by atoms with E-state index in [9.17, 15) is 27.6 Å². The number of halogens is 4. The second-order valence-electron chi connectivity index (χ2n) is 11.9. The van der Waals surface area contributed by atoms with Crippen molar-refractivity contribution in [3.63, 3.8) is 0 Å². The normalized spacial score (nSPS) is 18.4. The van der Waals surface area contributed by atoms with Crippen LogP contribution in [0.15, 0.2) is 83.3 Å². The van der Waals surface area contributed by atoms with Crippen molar-refractivity contribution < 1.29 is 27.1 Å². The Kier molecular flexibility index (Phi) is 7.59. The van der Waals surface area contributed by atoms with Crippen molar-refractivity contribution in [1.29, 1.82) is 5.26 Å². The van der Waals surface area contributed by atoms with Gasteiger partial charge in [0.2, 0.25) is 0 Å². The number of carbonyl (C=O) groups excluding carboxylic acids is 1. The highest BCUT2D eigenvalue weighted by molar-refractivity contribution is 6.01. The zero-order chi connectivity index (χ0) is 31.3. The van der Waals surface area contributed by atoms with Crippen molar-refractivity contribution in [1.82, 2.24) is 0 Å². The molecule has 0 saturated heterocycles. The average Bonchev–Trinajstić information content (AvgIpc) is 2.92. The van der Waals surface area contributed by atoms with Gasteiger partial charge in [-0.25, -0.2) is 4.39 Å². The number of alkyl halides is 3. The topological polar surface area (TPSA) is 79.4 Å². The molecule has 1 aliphatic carbocycles. The van der Waals surface area contributed by atoms with E-state index in [0.29, 0.717) is 29.0 Å². The molecule has 5 rings (SSSR count). The van der Waals surface area contributed by atoms with Crippen LogP contribution in [0.1, 0.15) is 60.4 Å². The van der Waals surface area contributed by atoms with Gasteiger partial charge < -0.3 is 10.5 Å². The van der Waals surface area contributed by atoms with E-state index in [2.05, 4.69) is 6.07 Å². The fourth-order valence-electron chi connectivity index (χ4n) is 6.01. The molecule has 43 heavy (non-hydrogen) atoms. The molecule has 0 spiro atoms. The Bertz CT molecular complexity index is 1710. The Morgan fingerprint density at radius 3 is 2.40 bits per heavy atom. The zero-order valence-corrected chi connectivity index (χ0v) is 24.3. The van der Waals surface area contributed by atoms with Gasteiger partial charge in [0.1, 0.15) is 24.0 Å². The number of carbonyl (C=O) groups is 1. The standard InChI is InChI=1S/C34H31F4N3O2/c1-19-12-20(2)26(13-21(19)18-43-25-10-8-23(35)9-11-25)30-27(17-39)32(40)41(24-7-5-6-22(14-24)34(36,37)38)28-15-33(3,4)16-29(42)31(28)30/h5-14,30H,15-16,18,40H2,1-4H3. The highest BCUT2D eigenvalue weighted by atomic mass is 19.4. The van der Waals surface area contributed by atoms with Gasteiger partial charge in [-0.05, 0) is 90.4 Å². The highest BCUT2D eigenvalue weighted by Gasteiger charge is 2.45. The van der Waals surface area contributed by atoms with Crippen molar-refractivity contribution >= 4 is 11.5 Å². The number of hydrogen-bond donors (Lipinski definition) is 1. The van der Waals surface area contributed by atoms with Gasteiger partial charge in [-0.15, -0.1) is 0 Å². The molecule has 0 aromatic heterocycles. The third-order valence-corrected chi connectivity index (χ3v) is 8.06. The summed E-state index contributed by atoms with van der Waals surface area (Å²) in [5.74, 6) is -0.905. The van der Waals surface area contributed by atoms with Gasteiger partial charge in [0.15, 0.2) is 5.78 Å². The van der Waals surface area contributed by atoms with E-state index >= 15 is 0 Å². The molecule has 1 aliphatic heterocycles. The quantitative estimate of drug-likeness (QED) is 0.305. The fourth-order valence-corrected chi connectivity index (χ4v) is 6.01. The summed E-state index contributed by atoms with van der Waals surface area (Å²) in [5, 5.41) is 10.4. The molecule has 0 radical (unpaired) electrons. The van der Waals surface area contributed by atoms with Gasteiger partial charge in [-0.2, -0.15) is 18.4 Å². The molecule has 2 N–H and O–H groups in total. The molecule has 222 valence electrons. The second kappa shape index (κ2) is 10.9. The van der Waals surface area contributed by atoms with E-state index in [-0.39, 0.29) is 41.7 Å². The molecule has 9 heteroatoms. The summed E-state index contributed by atoms with van der Waals surface area (Å²) in [4.78, 5) is 15.4. The van der Waals surface area contributed by atoms with E-state index in [4.69, 9.17) is 10.5 Å². The van der Waals surface area contributed by atoms with E-state index in [1.54, 1.807) is 0 Å². The minimum absolute atomic E-state index is 0.0137. The number of ether oxygens (including phenoxy) is 1. The van der Waals surface area contributed by atoms with Crippen LogP contribution in [0.5, 0.6) is 5.75 Å². The predicted molar refractivity (Wildman–Crippen MR) is 155 cm³/mol. The number of Topliss-reactive ketones (excluding diaryl/α,β-unsaturated/α-hetero) is 1. The van der Waals surface area contributed by atoms with Crippen LogP contribution in [0.25, 0.3) is 0 Å². The maximum absolute atomic E-state index is 13.9. The average molecular weight is 590 g/mol. The number of nitrogens with zero attached hydrogens (tertiary/aromatic N) is 2. The number of hydrogen-bond acceptors (Lipinski definition) is 5. The number of allylic oxidation sites excluding steroid dienone is 3. The number of aryl methyl sites for hydroxylation is 2. The third kappa shape index (κ3) is 5.74. The van der Waals surface area contributed by atoms with E-state index < -0.39 is 23.1 Å². The van der Waals surface area contributed by atoms with Crippen molar-refractivity contribution in [2.75, 3.05) is 4.90 Å². The first-order valence-electron chi connectivity index (χ1n) is 13.8. The molecule has 0 bridgehead atoms. The van der Waals surface area contributed by atoms with Crippen LogP contribution >= 0.6 is 0 Å². The lowest BCUT2D eigenvalue weighted by molar-refractivity contribution is -0.137. The molecule has 3 aromatic rings. The second-order valence-corrected chi connectivity index (χ2v) is 11.9. The van der Waals surface area contributed by atoms with Gasteiger partial charge in [0, 0.05) is 23.4 Å². The Morgan fingerprint density at radius 2 is 1.74 bits per heavy atom. The number of nitriles is 1. The van der Waals surface area contributed by atoms with Crippen LogP contribution < -0.4 is 15.4 Å². The molecule has 0 fully saturated rings. The molecule has 1 heterocycles. The number of rotatable bonds is 5. The minimum atomic E-state index is -4.59. The monoisotopic (exact) mass is 589 g/mol. The Labute approximate surface area is 247 Å². The highest BCUT2D eigenvalue weighted by Crippen LogP contribution is 2.51. The molecular weight excluding hydrogens is 558 g/mol. The zero-order valence-electron chi connectivity index (χ0n) is 24.3. The SMILES string of the molecule is Cc1cc(C)c(C2C(C#N)=C(N)N(c3cccc(C(F)(F)F)c3)C3=C2C(=O)CC(C)(C)C3)cc1COc1ccc(F)cc1. The summed E-state index contributed by atoms with van der Waals surface area (Å²) in [6, 6.07) is 16.4. The van der Waals surface area contributed by atoms with Crippen LogP contribution in [-0.2, 0) is 17.6 Å². The maximum Gasteiger partial charge on any atom is 0.416 e. The summed E-state index contributed by atoms with van der Waals surface area (Å²) >= 11 is 0. The first kappa shape index (κ1) is 29.9. The van der Waals surface area contributed by atoms with Gasteiger partial charge >= 0.3 is 6.18 Å². The molecule has 3 aromatic carbocycles. The first-order chi connectivity index (χ1) is 20.2. The van der Waals surface area contributed by atoms with Crippen molar-refractivity contribution in [2.45, 2.75) is 59.2 Å². The van der Waals surface area contributed by atoms with Gasteiger partial charge in [0.25, 0.3) is 0 Å². The maximum atomic E-state index is 13.9. The lowest BCUT2D eigenvalue weighted by atomic mass is 9.68. The van der Waals surface area contributed by atoms with E-state index in [1.165, 1.54) is 41.3 Å². The Morgan fingerprint density at radius 1 is 1.05 bits per heavy atom. The Balaban J connectivity index is 1.67. The molecule has 1 unspecified atom stereocenters. The van der Waals surface area contributed by atoms with E-state index in [1.807, 2.05) is 39.8 Å². The number of anilines is 1. The van der Waals surface area contributed by atoms with Crippen LogP contribution in [-0.4, -0.2) is 5.78 Å². The summed E-state index contributed by atoms with van der Waals surface area (Å²) < 4.78 is 60.3. The van der Waals surface area contributed by atoms with E-state index in [0.717, 1.165) is 28.8 Å². The van der Waals surface area contributed by atoms with Gasteiger partial charge in [0.05, 0.1) is 23.1 Å². The van der Waals surface area contributed by atoms with Crippen LogP contribution in [0.2, 0.25) is 0 Å². The van der Waals surface area contributed by atoms with Crippen molar-refractivity contribution in [3.05, 3.63) is 117 Å². The molecular formula is C34H31F4N3O2. The molecule has 0 saturated carbocycles. The molecule has 0 amide bonds. The molecule has 2 aliphatic rings. The fraction of sp³-hybridized carbons (Fsp3) is 0.294. The lowest BCUT2D eigenvalue weighted by Gasteiger charge is -2.44. The van der Waals surface area contributed by atoms with Crippen molar-refractivity contribution in [3.8, 4) is 11.8 Å². The minimum Gasteiger partial charge on any atom is -0.489 e. The lowest BCUT2D eigenvalue weighted by Crippen LogP contribution is -2.42.